The van der Waals surface area contributed by atoms with Gasteiger partial charge in [-0.1, -0.05) is 6.42 Å². The lowest BCUT2D eigenvalue weighted by Gasteiger charge is -2.19. The van der Waals surface area contributed by atoms with Crippen molar-refractivity contribution in [2.45, 2.75) is 25.3 Å². The van der Waals surface area contributed by atoms with Gasteiger partial charge in [-0.25, -0.2) is 0 Å². The maximum absolute atomic E-state index is 10.1. The van der Waals surface area contributed by atoms with Gasteiger partial charge in [-0.05, 0) is 19.4 Å². The van der Waals surface area contributed by atoms with E-state index >= 15 is 0 Å². The van der Waals surface area contributed by atoms with Crippen molar-refractivity contribution in [2.24, 2.45) is 11.5 Å². The Balaban J connectivity index is 0. The van der Waals surface area contributed by atoms with Gasteiger partial charge in [0, 0.05) is 28.2 Å². The van der Waals surface area contributed by atoms with E-state index in [0.717, 1.165) is 12.8 Å². The number of unbranched alkanes of at least 4 members (excludes halogenated alkanes) is 1. The third-order valence-corrected chi connectivity index (χ3v) is 2.13. The number of aliphatic carboxylic acids is 1. The summed E-state index contributed by atoms with van der Waals surface area (Å²) < 4.78 is 0. The third-order valence-electron chi connectivity index (χ3n) is 2.13. The number of nitrogens with zero attached hydrogens (tertiary/aromatic N) is 2. The van der Waals surface area contributed by atoms with Gasteiger partial charge < -0.3 is 26.4 Å². The van der Waals surface area contributed by atoms with Crippen molar-refractivity contribution in [3.63, 3.8) is 0 Å². The summed E-state index contributed by atoms with van der Waals surface area (Å²) in [6.45, 7) is 0.604. The second-order valence-electron chi connectivity index (χ2n) is 4.34. The van der Waals surface area contributed by atoms with Crippen LogP contribution in [0.15, 0.2) is 0 Å². The lowest BCUT2D eigenvalue weighted by Crippen LogP contribution is -2.34. The average molecular weight is 261 g/mol. The smallest absolute Gasteiger partial charge is 0.320 e. The van der Waals surface area contributed by atoms with Crippen molar-refractivity contribution in [1.82, 2.24) is 9.80 Å². The highest BCUT2D eigenvalue weighted by molar-refractivity contribution is 5.75. The van der Waals surface area contributed by atoms with Gasteiger partial charge in [0.2, 0.25) is 0 Å². The Bertz CT molecular complexity index is 234. The average Bonchev–Trinajstić information content (AvgIpc) is 2.28. The number of hydrogen-bond acceptors (Lipinski definition) is 4. The van der Waals surface area contributed by atoms with E-state index in [-0.39, 0.29) is 0 Å². The Morgan fingerprint density at radius 1 is 1.22 bits per heavy atom. The molecule has 0 radical (unpaired) electrons. The fourth-order valence-electron chi connectivity index (χ4n) is 1.03. The molecule has 0 aromatic rings. The van der Waals surface area contributed by atoms with Gasteiger partial charge in [0.15, 0.2) is 5.96 Å². The number of carboxylic acids is 1. The first-order valence-electron chi connectivity index (χ1n) is 5.85. The van der Waals surface area contributed by atoms with E-state index in [4.69, 9.17) is 22.0 Å². The van der Waals surface area contributed by atoms with Gasteiger partial charge in [-0.2, -0.15) is 0 Å². The van der Waals surface area contributed by atoms with Crippen molar-refractivity contribution < 1.29 is 9.90 Å². The largest absolute Gasteiger partial charge is 0.480 e. The van der Waals surface area contributed by atoms with Crippen molar-refractivity contribution >= 4 is 11.9 Å². The van der Waals surface area contributed by atoms with Crippen LogP contribution in [0.2, 0.25) is 0 Å². The summed E-state index contributed by atoms with van der Waals surface area (Å²) >= 11 is 0. The molecule has 0 aromatic carbocycles. The Morgan fingerprint density at radius 3 is 1.89 bits per heavy atom. The molecule has 0 saturated carbocycles. The molecule has 0 aliphatic rings. The molecular formula is C11H27N5O2. The Labute approximate surface area is 109 Å². The summed E-state index contributed by atoms with van der Waals surface area (Å²) in [5.41, 5.74) is 10.4. The molecule has 0 aliphatic heterocycles. The molecule has 0 unspecified atom stereocenters. The van der Waals surface area contributed by atoms with Crippen LogP contribution >= 0.6 is 0 Å². The first-order valence-corrected chi connectivity index (χ1v) is 5.85. The standard InChI is InChI=1S/C6H14N2O2.C5H13N3/c7-4-2-1-3-5(8)6(9)10;1-7(2)5(6)8(3)4/h5H,1-4,7-8H2,(H,9,10);6H,1-4H3/t5-;/m0./s1. The number of nitrogens with two attached hydrogens (primary N) is 2. The van der Waals surface area contributed by atoms with Crippen LogP contribution in [-0.2, 0) is 4.79 Å². The van der Waals surface area contributed by atoms with Gasteiger partial charge in [0.1, 0.15) is 6.04 Å². The maximum Gasteiger partial charge on any atom is 0.320 e. The van der Waals surface area contributed by atoms with E-state index in [0.29, 0.717) is 18.9 Å². The monoisotopic (exact) mass is 261 g/mol. The molecule has 0 rings (SSSR count). The van der Waals surface area contributed by atoms with E-state index in [1.54, 1.807) is 9.80 Å². The molecule has 0 heterocycles. The summed E-state index contributed by atoms with van der Waals surface area (Å²) in [4.78, 5) is 13.6. The Hall–Kier alpha value is -1.34. The number of guanidine groups is 1. The molecule has 0 fully saturated rings. The molecule has 0 amide bonds. The molecule has 18 heavy (non-hydrogen) atoms. The van der Waals surface area contributed by atoms with E-state index in [2.05, 4.69) is 0 Å². The first-order chi connectivity index (χ1) is 8.23. The molecule has 0 saturated heterocycles. The molecular weight excluding hydrogens is 234 g/mol. The minimum Gasteiger partial charge on any atom is -0.480 e. The van der Waals surface area contributed by atoms with Crippen molar-refractivity contribution in [3.05, 3.63) is 0 Å². The molecule has 0 aromatic heterocycles. The number of nitrogens with one attached hydrogen (secondary N) is 1. The highest BCUT2D eigenvalue weighted by Gasteiger charge is 2.09. The van der Waals surface area contributed by atoms with Crippen LogP contribution in [0.1, 0.15) is 19.3 Å². The number of carbonyl (C=O) groups is 1. The molecule has 0 spiro atoms. The predicted octanol–water partition coefficient (Wildman–Crippen LogP) is -0.428. The minimum absolute atomic E-state index is 0.519. The fraction of sp³-hybridized carbons (Fsp3) is 0.818. The lowest BCUT2D eigenvalue weighted by molar-refractivity contribution is -0.138. The van der Waals surface area contributed by atoms with Gasteiger partial charge in [-0.3, -0.25) is 10.2 Å². The molecule has 0 bridgehead atoms. The molecule has 108 valence electrons. The number of rotatable bonds is 5. The van der Waals surface area contributed by atoms with Crippen LogP contribution in [0.4, 0.5) is 0 Å². The molecule has 1 atom stereocenters. The van der Waals surface area contributed by atoms with E-state index in [1.807, 2.05) is 28.2 Å². The molecule has 6 N–H and O–H groups in total. The molecule has 7 heteroatoms. The quantitative estimate of drug-likeness (QED) is 0.303. The fourth-order valence-corrected chi connectivity index (χ4v) is 1.03. The predicted molar refractivity (Wildman–Crippen MR) is 73.6 cm³/mol. The number of hydrogen-bond donors (Lipinski definition) is 4. The summed E-state index contributed by atoms with van der Waals surface area (Å²) in [5.74, 6) is -0.415. The highest BCUT2D eigenvalue weighted by atomic mass is 16.4. The normalized spacial score (nSPS) is 11.0. The van der Waals surface area contributed by atoms with Crippen molar-refractivity contribution in [3.8, 4) is 0 Å². The van der Waals surface area contributed by atoms with E-state index in [9.17, 15) is 4.79 Å². The van der Waals surface area contributed by atoms with Crippen molar-refractivity contribution in [2.75, 3.05) is 34.7 Å². The van der Waals surface area contributed by atoms with Crippen LogP contribution in [0.3, 0.4) is 0 Å². The zero-order valence-electron chi connectivity index (χ0n) is 11.8. The van der Waals surface area contributed by atoms with E-state index < -0.39 is 12.0 Å². The van der Waals surface area contributed by atoms with Gasteiger partial charge in [-0.15, -0.1) is 0 Å². The summed E-state index contributed by atoms with van der Waals surface area (Å²) in [7, 11) is 7.40. The summed E-state index contributed by atoms with van der Waals surface area (Å²) in [5, 5.41) is 15.6. The summed E-state index contributed by atoms with van der Waals surface area (Å²) in [6, 6.07) is -0.716. The van der Waals surface area contributed by atoms with Crippen LogP contribution < -0.4 is 11.5 Å². The van der Waals surface area contributed by atoms with Crippen LogP contribution in [0, 0.1) is 5.41 Å². The third kappa shape index (κ3) is 11.2. The SMILES string of the molecule is CN(C)C(=N)N(C)C.NCCCC[C@H](N)C(=O)O. The van der Waals surface area contributed by atoms with E-state index in [1.165, 1.54) is 0 Å². The maximum atomic E-state index is 10.1. The Morgan fingerprint density at radius 2 is 1.67 bits per heavy atom. The van der Waals surface area contributed by atoms with Gasteiger partial charge >= 0.3 is 5.97 Å². The van der Waals surface area contributed by atoms with Crippen molar-refractivity contribution in [1.29, 1.82) is 5.41 Å². The second-order valence-corrected chi connectivity index (χ2v) is 4.34. The zero-order valence-corrected chi connectivity index (χ0v) is 11.8. The summed E-state index contributed by atoms with van der Waals surface area (Å²) in [6.07, 6.45) is 2.16. The van der Waals surface area contributed by atoms with Crippen LogP contribution in [-0.4, -0.2) is 67.6 Å². The van der Waals surface area contributed by atoms with Crippen LogP contribution in [0.5, 0.6) is 0 Å². The Kier molecular flexibility index (Phi) is 11.4. The van der Waals surface area contributed by atoms with Gasteiger partial charge in [0.25, 0.3) is 0 Å². The first kappa shape index (κ1) is 19.0. The van der Waals surface area contributed by atoms with Gasteiger partial charge in [0.05, 0.1) is 0 Å². The minimum atomic E-state index is -0.933. The zero-order chi connectivity index (χ0) is 14.7. The van der Waals surface area contributed by atoms with Crippen LogP contribution in [0.25, 0.3) is 0 Å². The highest BCUT2D eigenvalue weighted by Crippen LogP contribution is 1.96. The lowest BCUT2D eigenvalue weighted by atomic mass is 10.1. The number of carboxylic acid groups (broad SMARTS) is 1. The molecule has 7 nitrogen and oxygen atoms in total. The topological polar surface area (TPSA) is 120 Å². The molecule has 0 aliphatic carbocycles. The second kappa shape index (κ2) is 10.8.